The molecule has 6 nitrogen and oxygen atoms in total. The van der Waals surface area contributed by atoms with Crippen molar-refractivity contribution in [2.24, 2.45) is 0 Å². The van der Waals surface area contributed by atoms with E-state index >= 15 is 0 Å². The highest BCUT2D eigenvalue weighted by Gasteiger charge is 2.23. The van der Waals surface area contributed by atoms with Crippen LogP contribution in [-0.4, -0.2) is 24.1 Å². The number of fused-ring (bicyclic) bond motifs is 1. The fraction of sp³-hybridized carbons (Fsp3) is 0.391. The Morgan fingerprint density at radius 3 is 2.81 bits per heavy atom. The number of hydrogen-bond acceptors (Lipinski definition) is 6. The summed E-state index contributed by atoms with van der Waals surface area (Å²) in [6.07, 6.45) is 7.00. The van der Waals surface area contributed by atoms with E-state index in [1.165, 1.54) is 37.0 Å². The van der Waals surface area contributed by atoms with Crippen LogP contribution in [0.15, 0.2) is 51.7 Å². The monoisotopic (exact) mass is 451 g/mol. The molecular weight excluding hydrogens is 426 g/mol. The number of aryl methyl sites for hydroxylation is 1. The van der Waals surface area contributed by atoms with E-state index in [9.17, 15) is 4.79 Å². The number of hydrogen-bond donors (Lipinski definition) is 0. The summed E-state index contributed by atoms with van der Waals surface area (Å²) in [7, 11) is 0. The van der Waals surface area contributed by atoms with Crippen molar-refractivity contribution in [3.63, 3.8) is 0 Å². The highest BCUT2D eigenvalue weighted by molar-refractivity contribution is 7.98. The van der Waals surface area contributed by atoms with Crippen LogP contribution in [0.1, 0.15) is 60.2 Å². The summed E-state index contributed by atoms with van der Waals surface area (Å²) in [6, 6.07) is 12.1. The first-order valence-electron chi connectivity index (χ1n) is 10.8. The molecule has 0 saturated heterocycles. The summed E-state index contributed by atoms with van der Waals surface area (Å²) in [5, 5.41) is 12.2. The van der Waals surface area contributed by atoms with Gasteiger partial charge in [0.05, 0.1) is 5.69 Å². The molecule has 8 heteroatoms. The minimum Gasteiger partial charge on any atom is -0.303 e. The van der Waals surface area contributed by atoms with Gasteiger partial charge >= 0.3 is 0 Å². The summed E-state index contributed by atoms with van der Waals surface area (Å²) < 4.78 is 4.01. The lowest BCUT2D eigenvalue weighted by atomic mass is 9.95. The van der Waals surface area contributed by atoms with Crippen molar-refractivity contribution in [2.75, 3.05) is 0 Å². The molecule has 5 rings (SSSR count). The molecule has 4 heterocycles. The molecule has 0 bridgehead atoms. The highest BCUT2D eigenvalue weighted by Crippen LogP contribution is 2.34. The third kappa shape index (κ3) is 4.32. The Morgan fingerprint density at radius 2 is 2.00 bits per heavy atom. The summed E-state index contributed by atoms with van der Waals surface area (Å²) >= 11 is 3.39. The van der Waals surface area contributed by atoms with Crippen LogP contribution in [0.2, 0.25) is 0 Å². The average molecular weight is 452 g/mol. The van der Waals surface area contributed by atoms with Gasteiger partial charge in [-0.15, -0.1) is 21.5 Å². The van der Waals surface area contributed by atoms with Gasteiger partial charge in [0.25, 0.3) is 5.56 Å². The Labute approximate surface area is 189 Å². The van der Waals surface area contributed by atoms with Crippen molar-refractivity contribution in [3.8, 4) is 0 Å². The number of aromatic nitrogens is 5. The number of thioether (sulfide) groups is 1. The standard InChI is InChI=1S/C23H25N5OS2/c1-16-7-5-11-20-24-17(13-22(29)27(16)20)15-31-23-26-25-21(14-19-10-6-12-30-19)28(23)18-8-3-2-4-9-18/h5-7,10-13,18H,2-4,8-9,14-15H2,1H3. The lowest BCUT2D eigenvalue weighted by molar-refractivity contribution is 0.330. The quantitative estimate of drug-likeness (QED) is 0.384. The third-order valence-corrected chi connectivity index (χ3v) is 7.72. The number of pyridine rings is 1. The second-order valence-electron chi connectivity index (χ2n) is 8.05. The molecule has 31 heavy (non-hydrogen) atoms. The van der Waals surface area contributed by atoms with Crippen LogP contribution in [-0.2, 0) is 12.2 Å². The van der Waals surface area contributed by atoms with Crippen LogP contribution in [0.25, 0.3) is 5.65 Å². The van der Waals surface area contributed by atoms with E-state index in [4.69, 9.17) is 4.98 Å². The van der Waals surface area contributed by atoms with Crippen LogP contribution in [0.3, 0.4) is 0 Å². The zero-order valence-corrected chi connectivity index (χ0v) is 19.2. The molecule has 0 aliphatic heterocycles. The topological polar surface area (TPSA) is 65.1 Å². The molecule has 0 atom stereocenters. The van der Waals surface area contributed by atoms with Crippen molar-refractivity contribution < 1.29 is 0 Å². The second kappa shape index (κ2) is 8.96. The summed E-state index contributed by atoms with van der Waals surface area (Å²) in [6.45, 7) is 1.92. The van der Waals surface area contributed by atoms with Gasteiger partial charge in [0, 0.05) is 34.9 Å². The number of rotatable bonds is 6. The zero-order valence-electron chi connectivity index (χ0n) is 17.5. The maximum atomic E-state index is 12.6. The Morgan fingerprint density at radius 1 is 1.13 bits per heavy atom. The van der Waals surface area contributed by atoms with E-state index in [2.05, 4.69) is 32.3 Å². The lowest BCUT2D eigenvalue weighted by Gasteiger charge is -2.25. The van der Waals surface area contributed by atoms with Gasteiger partial charge in [0.2, 0.25) is 0 Å². The van der Waals surface area contributed by atoms with Gasteiger partial charge in [-0.1, -0.05) is 43.2 Å². The molecule has 1 fully saturated rings. The fourth-order valence-corrected chi connectivity index (χ4v) is 6.00. The Balaban J connectivity index is 1.43. The van der Waals surface area contributed by atoms with Gasteiger partial charge < -0.3 is 4.57 Å². The van der Waals surface area contributed by atoms with Crippen LogP contribution in [0.5, 0.6) is 0 Å². The van der Waals surface area contributed by atoms with Crippen LogP contribution < -0.4 is 5.56 Å². The molecule has 0 unspecified atom stereocenters. The minimum atomic E-state index is -0.0363. The molecule has 1 saturated carbocycles. The van der Waals surface area contributed by atoms with Crippen LogP contribution in [0.4, 0.5) is 0 Å². The first kappa shape index (κ1) is 20.5. The molecule has 4 aromatic heterocycles. The fourth-order valence-electron chi connectivity index (χ4n) is 4.38. The molecule has 4 aromatic rings. The average Bonchev–Trinajstić information content (AvgIpc) is 3.43. The van der Waals surface area contributed by atoms with E-state index in [1.54, 1.807) is 33.6 Å². The van der Waals surface area contributed by atoms with E-state index in [0.29, 0.717) is 17.4 Å². The van der Waals surface area contributed by atoms with E-state index in [1.807, 2.05) is 25.1 Å². The maximum Gasteiger partial charge on any atom is 0.258 e. The normalized spacial score (nSPS) is 15.0. The van der Waals surface area contributed by atoms with Gasteiger partial charge in [-0.2, -0.15) is 0 Å². The largest absolute Gasteiger partial charge is 0.303 e. The third-order valence-electron chi connectivity index (χ3n) is 5.87. The summed E-state index contributed by atoms with van der Waals surface area (Å²) in [5.74, 6) is 1.64. The van der Waals surface area contributed by atoms with Gasteiger partial charge in [0.15, 0.2) is 5.16 Å². The molecule has 0 amide bonds. The van der Waals surface area contributed by atoms with E-state index in [-0.39, 0.29) is 5.56 Å². The Kier molecular flexibility index (Phi) is 5.91. The van der Waals surface area contributed by atoms with Crippen molar-refractivity contribution in [2.45, 2.75) is 62.4 Å². The maximum absolute atomic E-state index is 12.6. The first-order valence-corrected chi connectivity index (χ1v) is 12.6. The smallest absolute Gasteiger partial charge is 0.258 e. The van der Waals surface area contributed by atoms with Crippen molar-refractivity contribution in [1.29, 1.82) is 0 Å². The van der Waals surface area contributed by atoms with Gasteiger partial charge in [0.1, 0.15) is 11.5 Å². The lowest BCUT2D eigenvalue weighted by Crippen LogP contribution is -2.18. The Hall–Kier alpha value is -2.45. The molecule has 0 aromatic carbocycles. The molecule has 0 N–H and O–H groups in total. The SMILES string of the molecule is Cc1cccc2nc(CSc3nnc(Cc4cccs4)n3C3CCCCC3)cc(=O)n12. The molecule has 0 spiro atoms. The molecular formula is C23H25N5OS2. The van der Waals surface area contributed by atoms with E-state index < -0.39 is 0 Å². The Bertz CT molecular complexity index is 1240. The minimum absolute atomic E-state index is 0.0363. The molecule has 1 aliphatic carbocycles. The van der Waals surface area contributed by atoms with E-state index in [0.717, 1.165) is 28.8 Å². The first-order chi connectivity index (χ1) is 15.2. The van der Waals surface area contributed by atoms with Gasteiger partial charge in [-0.3, -0.25) is 9.20 Å². The molecule has 1 aliphatic rings. The number of thiophene rings is 1. The van der Waals surface area contributed by atoms with Crippen molar-refractivity contribution in [1.82, 2.24) is 24.1 Å². The summed E-state index contributed by atoms with van der Waals surface area (Å²) in [4.78, 5) is 18.6. The highest BCUT2D eigenvalue weighted by atomic mass is 32.2. The predicted molar refractivity (Wildman–Crippen MR) is 125 cm³/mol. The van der Waals surface area contributed by atoms with Crippen molar-refractivity contribution in [3.05, 3.63) is 74.2 Å². The molecule has 0 radical (unpaired) electrons. The summed E-state index contributed by atoms with van der Waals surface area (Å²) in [5.41, 5.74) is 2.32. The van der Waals surface area contributed by atoms with Gasteiger partial charge in [-0.25, -0.2) is 4.98 Å². The van der Waals surface area contributed by atoms with Crippen LogP contribution in [0, 0.1) is 6.92 Å². The van der Waals surface area contributed by atoms with Gasteiger partial charge in [-0.05, 0) is 43.3 Å². The molecule has 160 valence electrons. The van der Waals surface area contributed by atoms with Crippen LogP contribution >= 0.6 is 23.1 Å². The second-order valence-corrected chi connectivity index (χ2v) is 10.0. The number of nitrogens with zero attached hydrogens (tertiary/aromatic N) is 5. The van der Waals surface area contributed by atoms with Crippen molar-refractivity contribution >= 4 is 28.7 Å². The zero-order chi connectivity index (χ0) is 21.2. The predicted octanol–water partition coefficient (Wildman–Crippen LogP) is 5.04.